The van der Waals surface area contributed by atoms with Gasteiger partial charge in [-0.1, -0.05) is 6.92 Å². The lowest BCUT2D eigenvalue weighted by Gasteiger charge is -2.07. The van der Waals surface area contributed by atoms with Gasteiger partial charge in [-0.05, 0) is 12.8 Å². The van der Waals surface area contributed by atoms with Crippen molar-refractivity contribution in [3.8, 4) is 12.3 Å². The third kappa shape index (κ3) is 2.29. The van der Waals surface area contributed by atoms with Crippen LogP contribution in [0.25, 0.3) is 0 Å². The maximum atomic E-state index is 10.6. The summed E-state index contributed by atoms with van der Waals surface area (Å²) in [5.41, 5.74) is 0. The fraction of sp³-hybridized carbons (Fsp3) is 0.571. The fourth-order valence-corrected chi connectivity index (χ4v) is 0.351. The van der Waals surface area contributed by atoms with Crippen LogP contribution in [0.3, 0.4) is 0 Å². The van der Waals surface area contributed by atoms with E-state index in [0.717, 1.165) is 0 Å². The summed E-state index contributed by atoms with van der Waals surface area (Å²) in [7, 11) is 0. The van der Waals surface area contributed by atoms with Crippen LogP contribution in [-0.4, -0.2) is 17.0 Å². The molecular weight excluding hydrogens is 116 g/mol. The predicted octanol–water partition coefficient (Wildman–Crippen LogP) is 0.206. The average Bonchev–Trinajstić information content (AvgIpc) is 1.84. The maximum Gasteiger partial charge on any atom is 0.210 e. The second-order valence-electron chi connectivity index (χ2n) is 2.04. The Labute approximate surface area is 54.9 Å². The van der Waals surface area contributed by atoms with E-state index in [1.165, 1.54) is 0 Å². The summed E-state index contributed by atoms with van der Waals surface area (Å²) >= 11 is 0. The summed E-state index contributed by atoms with van der Waals surface area (Å²) in [4.78, 5) is 10.6. The molecule has 0 aromatic carbocycles. The van der Waals surface area contributed by atoms with Gasteiger partial charge in [-0.25, -0.2) is 0 Å². The third-order valence-corrected chi connectivity index (χ3v) is 1.28. The van der Waals surface area contributed by atoms with E-state index in [2.05, 4.69) is 0 Å². The summed E-state index contributed by atoms with van der Waals surface area (Å²) in [6.07, 6.45) is 4.16. The highest BCUT2D eigenvalue weighted by atomic mass is 16.3. The molecule has 0 radical (unpaired) electrons. The smallest absolute Gasteiger partial charge is 0.210 e. The Morgan fingerprint density at radius 2 is 2.11 bits per heavy atom. The van der Waals surface area contributed by atoms with Crippen molar-refractivity contribution in [2.24, 2.45) is 5.92 Å². The van der Waals surface area contributed by atoms with Crippen LogP contribution in [0.15, 0.2) is 0 Å². The summed E-state index contributed by atoms with van der Waals surface area (Å²) in [5.74, 6) is 1.17. The van der Waals surface area contributed by atoms with E-state index in [1.807, 2.05) is 5.92 Å². The highest BCUT2D eigenvalue weighted by Crippen LogP contribution is 2.01. The molecule has 0 aliphatic rings. The first-order chi connectivity index (χ1) is 4.09. The van der Waals surface area contributed by atoms with E-state index in [1.54, 1.807) is 13.8 Å². The summed E-state index contributed by atoms with van der Waals surface area (Å²) in [5, 5.41) is 8.81. The predicted molar refractivity (Wildman–Crippen MR) is 34.7 cm³/mol. The number of aliphatic hydroxyl groups is 1. The number of hydrogen-bond acceptors (Lipinski definition) is 2. The van der Waals surface area contributed by atoms with E-state index in [9.17, 15) is 4.79 Å². The van der Waals surface area contributed by atoms with Crippen molar-refractivity contribution in [1.82, 2.24) is 0 Å². The number of ketones is 1. The van der Waals surface area contributed by atoms with Gasteiger partial charge in [0.15, 0.2) is 0 Å². The minimum absolute atomic E-state index is 0.343. The average molecular weight is 126 g/mol. The number of Topliss-reactive ketones (excluding diaryl/α,β-unsaturated/α-hetero) is 1. The molecule has 9 heavy (non-hydrogen) atoms. The zero-order valence-corrected chi connectivity index (χ0v) is 5.59. The Hall–Kier alpha value is -0.810. The van der Waals surface area contributed by atoms with Crippen LogP contribution in [0.5, 0.6) is 0 Å². The van der Waals surface area contributed by atoms with Crippen molar-refractivity contribution in [2.75, 3.05) is 0 Å². The molecule has 0 aliphatic carbocycles. The van der Waals surface area contributed by atoms with Gasteiger partial charge < -0.3 is 5.11 Å². The lowest BCUT2D eigenvalue weighted by atomic mass is 10.0. The minimum atomic E-state index is -0.645. The van der Waals surface area contributed by atoms with Gasteiger partial charge in [0.05, 0.1) is 12.0 Å². The number of rotatable bonds is 2. The quantitative estimate of drug-likeness (QED) is 0.424. The molecule has 0 amide bonds. The monoisotopic (exact) mass is 126 g/mol. The lowest BCUT2D eigenvalue weighted by molar-refractivity contribution is -0.119. The molecule has 0 heterocycles. The zero-order chi connectivity index (χ0) is 7.44. The van der Waals surface area contributed by atoms with Crippen LogP contribution < -0.4 is 0 Å². The summed E-state index contributed by atoms with van der Waals surface area (Å²) in [6.45, 7) is 3.15. The number of carbonyl (C=O) groups is 1. The Morgan fingerprint density at radius 3 is 2.22 bits per heavy atom. The molecule has 2 atom stereocenters. The van der Waals surface area contributed by atoms with Crippen LogP contribution in [0.2, 0.25) is 0 Å². The number of hydrogen-bond donors (Lipinski definition) is 1. The van der Waals surface area contributed by atoms with E-state index in [4.69, 9.17) is 11.5 Å². The molecule has 0 saturated heterocycles. The van der Waals surface area contributed by atoms with E-state index >= 15 is 0 Å². The third-order valence-electron chi connectivity index (χ3n) is 1.28. The van der Waals surface area contributed by atoms with Crippen molar-refractivity contribution in [3.63, 3.8) is 0 Å². The fourth-order valence-electron chi connectivity index (χ4n) is 0.351. The van der Waals surface area contributed by atoms with Gasteiger partial charge in [0, 0.05) is 0 Å². The Kier molecular flexibility index (Phi) is 2.97. The van der Waals surface area contributed by atoms with Crippen LogP contribution in [0, 0.1) is 18.3 Å². The van der Waals surface area contributed by atoms with Gasteiger partial charge in [0.25, 0.3) is 0 Å². The van der Waals surface area contributed by atoms with Gasteiger partial charge in [0.2, 0.25) is 5.78 Å². The van der Waals surface area contributed by atoms with E-state index < -0.39 is 12.0 Å². The lowest BCUT2D eigenvalue weighted by Crippen LogP contribution is -2.21. The molecule has 0 rings (SSSR count). The topological polar surface area (TPSA) is 37.3 Å². The van der Waals surface area contributed by atoms with Gasteiger partial charge >= 0.3 is 0 Å². The first-order valence-corrected chi connectivity index (χ1v) is 2.78. The standard InChI is InChI=1S/C7H10O2/c1-4-7(9)5(2)6(3)8/h1,5-6,8H,2-3H3/t5-,6?/m0/s1. The van der Waals surface area contributed by atoms with Crippen molar-refractivity contribution < 1.29 is 9.90 Å². The molecule has 2 heteroatoms. The molecular formula is C7H10O2. The molecule has 0 aromatic heterocycles. The van der Waals surface area contributed by atoms with E-state index in [0.29, 0.717) is 0 Å². The molecule has 2 nitrogen and oxygen atoms in total. The van der Waals surface area contributed by atoms with Crippen LogP contribution in [0.4, 0.5) is 0 Å². The van der Waals surface area contributed by atoms with E-state index in [-0.39, 0.29) is 5.78 Å². The Balaban J connectivity index is 3.92. The summed E-state index contributed by atoms with van der Waals surface area (Å²) in [6, 6.07) is 0. The Morgan fingerprint density at radius 1 is 1.67 bits per heavy atom. The van der Waals surface area contributed by atoms with Crippen molar-refractivity contribution in [2.45, 2.75) is 20.0 Å². The number of terminal acetylenes is 1. The SMILES string of the molecule is C#CC(=O)[C@@H](C)C(C)O. The van der Waals surface area contributed by atoms with Crippen molar-refractivity contribution in [3.05, 3.63) is 0 Å². The van der Waals surface area contributed by atoms with Crippen LogP contribution in [0.1, 0.15) is 13.8 Å². The highest BCUT2D eigenvalue weighted by molar-refractivity contribution is 5.96. The van der Waals surface area contributed by atoms with Gasteiger partial charge in [-0.15, -0.1) is 6.42 Å². The minimum Gasteiger partial charge on any atom is -0.393 e. The molecule has 1 N–H and O–H groups in total. The molecule has 0 spiro atoms. The van der Waals surface area contributed by atoms with Gasteiger partial charge in [-0.2, -0.15) is 0 Å². The largest absolute Gasteiger partial charge is 0.393 e. The van der Waals surface area contributed by atoms with Gasteiger partial charge in [-0.3, -0.25) is 4.79 Å². The first kappa shape index (κ1) is 8.19. The Bertz CT molecular complexity index is 141. The second-order valence-corrected chi connectivity index (χ2v) is 2.04. The zero-order valence-electron chi connectivity index (χ0n) is 5.59. The van der Waals surface area contributed by atoms with Gasteiger partial charge in [0.1, 0.15) is 0 Å². The number of carbonyl (C=O) groups excluding carboxylic acids is 1. The molecule has 0 saturated carbocycles. The molecule has 1 unspecified atom stereocenters. The molecule has 0 aliphatic heterocycles. The highest BCUT2D eigenvalue weighted by Gasteiger charge is 2.14. The van der Waals surface area contributed by atoms with Crippen molar-refractivity contribution >= 4 is 5.78 Å². The van der Waals surface area contributed by atoms with Crippen molar-refractivity contribution in [1.29, 1.82) is 0 Å². The summed E-state index contributed by atoms with van der Waals surface area (Å²) < 4.78 is 0. The van der Waals surface area contributed by atoms with Crippen LogP contribution in [-0.2, 0) is 4.79 Å². The first-order valence-electron chi connectivity index (χ1n) is 2.78. The van der Waals surface area contributed by atoms with Crippen LogP contribution >= 0.6 is 0 Å². The molecule has 0 aromatic rings. The molecule has 0 fully saturated rings. The maximum absolute atomic E-state index is 10.6. The molecule has 0 bridgehead atoms. The normalized spacial score (nSPS) is 15.8. The second kappa shape index (κ2) is 3.26. The number of aliphatic hydroxyl groups excluding tert-OH is 1. The molecule has 50 valence electrons.